The van der Waals surface area contributed by atoms with E-state index in [1.807, 2.05) is 0 Å². The third-order valence-corrected chi connectivity index (χ3v) is 3.69. The van der Waals surface area contributed by atoms with Crippen molar-refractivity contribution in [1.82, 2.24) is 10.2 Å². The van der Waals surface area contributed by atoms with Crippen molar-refractivity contribution >= 4 is 0 Å². The standard InChI is InChI=1S/C13H28N2O/c1-11(2)13(10-16-4)14-9-12-7-5-6-8-15(12)3/h11-14H,5-10H2,1-4H3. The minimum absolute atomic E-state index is 0.486. The van der Waals surface area contributed by atoms with Gasteiger partial charge in [-0.05, 0) is 32.4 Å². The SMILES string of the molecule is COCC(NCC1CCCCN1C)C(C)C. The average molecular weight is 228 g/mol. The Balaban J connectivity index is 2.29. The van der Waals surface area contributed by atoms with Crippen molar-refractivity contribution < 1.29 is 4.74 Å². The molecule has 0 spiro atoms. The summed E-state index contributed by atoms with van der Waals surface area (Å²) in [6.07, 6.45) is 4.08. The zero-order chi connectivity index (χ0) is 12.0. The van der Waals surface area contributed by atoms with Crippen LogP contribution in [0.1, 0.15) is 33.1 Å². The maximum absolute atomic E-state index is 5.26. The molecular formula is C13H28N2O. The molecule has 1 fully saturated rings. The number of methoxy groups -OCH3 is 1. The molecule has 1 aliphatic rings. The lowest BCUT2D eigenvalue weighted by molar-refractivity contribution is 0.130. The average Bonchev–Trinajstić information content (AvgIpc) is 2.26. The molecular weight excluding hydrogens is 200 g/mol. The fourth-order valence-corrected chi connectivity index (χ4v) is 2.36. The molecule has 0 aromatic carbocycles. The van der Waals surface area contributed by atoms with E-state index in [0.29, 0.717) is 18.0 Å². The molecule has 1 saturated heterocycles. The smallest absolute Gasteiger partial charge is 0.0618 e. The van der Waals surface area contributed by atoms with Crippen LogP contribution in [0, 0.1) is 5.92 Å². The van der Waals surface area contributed by atoms with Gasteiger partial charge in [-0.15, -0.1) is 0 Å². The topological polar surface area (TPSA) is 24.5 Å². The maximum atomic E-state index is 5.26. The molecule has 0 radical (unpaired) electrons. The Morgan fingerprint density at radius 2 is 2.12 bits per heavy atom. The van der Waals surface area contributed by atoms with E-state index in [0.717, 1.165) is 13.2 Å². The minimum Gasteiger partial charge on any atom is -0.383 e. The van der Waals surface area contributed by atoms with Gasteiger partial charge in [0.2, 0.25) is 0 Å². The molecule has 96 valence electrons. The van der Waals surface area contributed by atoms with E-state index in [9.17, 15) is 0 Å². The van der Waals surface area contributed by atoms with E-state index in [2.05, 4.69) is 31.1 Å². The van der Waals surface area contributed by atoms with Crippen molar-refractivity contribution in [3.05, 3.63) is 0 Å². The van der Waals surface area contributed by atoms with Gasteiger partial charge in [0.1, 0.15) is 0 Å². The first-order valence-corrected chi connectivity index (χ1v) is 6.57. The molecule has 2 unspecified atom stereocenters. The first-order chi connectivity index (χ1) is 7.65. The predicted octanol–water partition coefficient (Wildman–Crippen LogP) is 1.73. The minimum atomic E-state index is 0.486. The van der Waals surface area contributed by atoms with Gasteiger partial charge < -0.3 is 15.0 Å². The first kappa shape index (κ1) is 13.9. The molecule has 0 aromatic rings. The molecule has 2 atom stereocenters. The van der Waals surface area contributed by atoms with Crippen LogP contribution in [-0.4, -0.2) is 50.8 Å². The van der Waals surface area contributed by atoms with Gasteiger partial charge in [-0.2, -0.15) is 0 Å². The highest BCUT2D eigenvalue weighted by molar-refractivity contribution is 4.79. The summed E-state index contributed by atoms with van der Waals surface area (Å²) in [7, 11) is 4.02. The second-order valence-electron chi connectivity index (χ2n) is 5.34. The summed E-state index contributed by atoms with van der Waals surface area (Å²) in [5.41, 5.74) is 0. The Bertz CT molecular complexity index is 181. The van der Waals surface area contributed by atoms with Crippen LogP contribution in [0.2, 0.25) is 0 Å². The number of ether oxygens (including phenoxy) is 1. The van der Waals surface area contributed by atoms with Crippen molar-refractivity contribution in [2.24, 2.45) is 5.92 Å². The van der Waals surface area contributed by atoms with E-state index in [1.54, 1.807) is 7.11 Å². The molecule has 0 amide bonds. The van der Waals surface area contributed by atoms with Crippen molar-refractivity contribution in [3.8, 4) is 0 Å². The Kier molecular flexibility index (Phi) is 6.32. The zero-order valence-corrected chi connectivity index (χ0v) is 11.3. The summed E-state index contributed by atoms with van der Waals surface area (Å²) in [5, 5.41) is 3.65. The highest BCUT2D eigenvalue weighted by Gasteiger charge is 2.20. The molecule has 3 heteroatoms. The molecule has 1 aliphatic heterocycles. The lowest BCUT2D eigenvalue weighted by Crippen LogP contribution is -2.48. The summed E-state index contributed by atoms with van der Waals surface area (Å²) < 4.78 is 5.26. The largest absolute Gasteiger partial charge is 0.383 e. The third kappa shape index (κ3) is 4.40. The summed E-state index contributed by atoms with van der Waals surface area (Å²) in [5.74, 6) is 0.633. The van der Waals surface area contributed by atoms with Crippen LogP contribution in [0.5, 0.6) is 0 Å². The molecule has 3 nitrogen and oxygen atoms in total. The number of hydrogen-bond acceptors (Lipinski definition) is 3. The van der Waals surface area contributed by atoms with Crippen LogP contribution in [0.3, 0.4) is 0 Å². The van der Waals surface area contributed by atoms with Gasteiger partial charge in [-0.25, -0.2) is 0 Å². The first-order valence-electron chi connectivity index (χ1n) is 6.57. The molecule has 1 heterocycles. The summed E-state index contributed by atoms with van der Waals surface area (Å²) >= 11 is 0. The molecule has 0 bridgehead atoms. The summed E-state index contributed by atoms with van der Waals surface area (Å²) in [6, 6.07) is 1.20. The van der Waals surface area contributed by atoms with Crippen LogP contribution < -0.4 is 5.32 Å². The number of nitrogens with zero attached hydrogens (tertiary/aromatic N) is 1. The van der Waals surface area contributed by atoms with E-state index in [-0.39, 0.29) is 0 Å². The van der Waals surface area contributed by atoms with Gasteiger partial charge in [-0.1, -0.05) is 20.3 Å². The lowest BCUT2D eigenvalue weighted by Gasteiger charge is -2.34. The van der Waals surface area contributed by atoms with Crippen molar-refractivity contribution in [2.45, 2.75) is 45.2 Å². The van der Waals surface area contributed by atoms with Gasteiger partial charge >= 0.3 is 0 Å². The Hall–Kier alpha value is -0.120. The molecule has 1 N–H and O–H groups in total. The third-order valence-electron chi connectivity index (χ3n) is 3.69. The Labute approximate surface area is 101 Å². The number of rotatable bonds is 6. The molecule has 0 aromatic heterocycles. The molecule has 0 saturated carbocycles. The number of piperidine rings is 1. The Morgan fingerprint density at radius 1 is 1.38 bits per heavy atom. The van der Waals surface area contributed by atoms with Crippen LogP contribution in [0.15, 0.2) is 0 Å². The van der Waals surface area contributed by atoms with E-state index >= 15 is 0 Å². The summed E-state index contributed by atoms with van der Waals surface area (Å²) in [4.78, 5) is 2.49. The van der Waals surface area contributed by atoms with Crippen molar-refractivity contribution in [1.29, 1.82) is 0 Å². The van der Waals surface area contributed by atoms with Crippen LogP contribution in [-0.2, 0) is 4.74 Å². The monoisotopic (exact) mass is 228 g/mol. The van der Waals surface area contributed by atoms with E-state index in [1.165, 1.54) is 25.8 Å². The van der Waals surface area contributed by atoms with Gasteiger partial charge in [0.25, 0.3) is 0 Å². The number of likely N-dealkylation sites (N-methyl/N-ethyl adjacent to an activating group) is 1. The predicted molar refractivity (Wildman–Crippen MR) is 68.8 cm³/mol. The van der Waals surface area contributed by atoms with Crippen LogP contribution in [0.25, 0.3) is 0 Å². The molecule has 0 aliphatic carbocycles. The van der Waals surface area contributed by atoms with Crippen LogP contribution in [0.4, 0.5) is 0 Å². The van der Waals surface area contributed by atoms with Crippen molar-refractivity contribution in [3.63, 3.8) is 0 Å². The summed E-state index contributed by atoms with van der Waals surface area (Å²) in [6.45, 7) is 7.67. The zero-order valence-electron chi connectivity index (χ0n) is 11.3. The maximum Gasteiger partial charge on any atom is 0.0618 e. The molecule has 16 heavy (non-hydrogen) atoms. The fraction of sp³-hybridized carbons (Fsp3) is 1.00. The molecule has 1 rings (SSSR count). The quantitative estimate of drug-likeness (QED) is 0.749. The van der Waals surface area contributed by atoms with E-state index < -0.39 is 0 Å². The van der Waals surface area contributed by atoms with Gasteiger partial charge in [0, 0.05) is 25.7 Å². The second-order valence-corrected chi connectivity index (χ2v) is 5.34. The Morgan fingerprint density at radius 3 is 2.69 bits per heavy atom. The fourth-order valence-electron chi connectivity index (χ4n) is 2.36. The number of likely N-dealkylation sites (tertiary alicyclic amines) is 1. The van der Waals surface area contributed by atoms with E-state index in [4.69, 9.17) is 4.74 Å². The number of hydrogen-bond donors (Lipinski definition) is 1. The highest BCUT2D eigenvalue weighted by atomic mass is 16.5. The highest BCUT2D eigenvalue weighted by Crippen LogP contribution is 2.14. The second kappa shape index (κ2) is 7.25. The normalized spacial score (nSPS) is 24.9. The number of nitrogens with one attached hydrogen (secondary N) is 1. The van der Waals surface area contributed by atoms with Gasteiger partial charge in [0.15, 0.2) is 0 Å². The van der Waals surface area contributed by atoms with Crippen LogP contribution >= 0.6 is 0 Å². The van der Waals surface area contributed by atoms with Gasteiger partial charge in [-0.3, -0.25) is 0 Å². The van der Waals surface area contributed by atoms with Gasteiger partial charge in [0.05, 0.1) is 6.61 Å². The van der Waals surface area contributed by atoms with Crippen molar-refractivity contribution in [2.75, 3.05) is 33.9 Å². The lowest BCUT2D eigenvalue weighted by atomic mass is 10.0.